The summed E-state index contributed by atoms with van der Waals surface area (Å²) >= 11 is 0. The number of aliphatic hydroxyl groups is 1. The highest BCUT2D eigenvalue weighted by Crippen LogP contribution is 2.44. The number of para-hydroxylation sites is 1. The van der Waals surface area contributed by atoms with E-state index in [4.69, 9.17) is 24.1 Å². The number of aromatic nitrogens is 3. The maximum Gasteiger partial charge on any atom is 0.264 e. The highest BCUT2D eigenvalue weighted by Gasteiger charge is 2.31. The van der Waals surface area contributed by atoms with Gasteiger partial charge in [0.05, 0.1) is 30.3 Å². The van der Waals surface area contributed by atoms with E-state index in [1.807, 2.05) is 18.2 Å². The molecule has 3 aromatic heterocycles. The molecule has 2 aromatic carbocycles. The van der Waals surface area contributed by atoms with Gasteiger partial charge in [-0.1, -0.05) is 17.3 Å². The molecular formula is C32H34FN5O6. The number of furan rings is 1. The van der Waals surface area contributed by atoms with Gasteiger partial charge in [-0.15, -0.1) is 0 Å². The Hall–Kier alpha value is -4.42. The molecule has 5 aromatic rings. The average Bonchev–Trinajstić information content (AvgIpc) is 3.37. The number of rotatable bonds is 10. The van der Waals surface area contributed by atoms with Gasteiger partial charge in [-0.25, -0.2) is 4.39 Å². The Labute approximate surface area is 252 Å². The Bertz CT molecular complexity index is 1800. The fraction of sp³-hybridized carbons (Fsp3) is 0.406. The van der Waals surface area contributed by atoms with Crippen molar-refractivity contribution in [3.8, 4) is 23.0 Å². The molecule has 0 unspecified atom stereocenters. The van der Waals surface area contributed by atoms with Crippen molar-refractivity contribution in [2.24, 2.45) is 11.7 Å². The molecule has 7 rings (SSSR count). The molecule has 2 aliphatic rings. The van der Waals surface area contributed by atoms with Gasteiger partial charge in [-0.2, -0.15) is 4.98 Å². The number of hydrogen-bond donors (Lipinski definition) is 2. The average molecular weight is 604 g/mol. The van der Waals surface area contributed by atoms with Gasteiger partial charge in [-0.3, -0.25) is 4.79 Å². The number of alkyl halides is 1. The zero-order valence-electron chi connectivity index (χ0n) is 24.4. The molecule has 1 saturated heterocycles. The number of carbonyl (C=O) groups excluding carboxylic acids is 1. The zero-order chi connectivity index (χ0) is 30.4. The molecular weight excluding hydrogens is 569 g/mol. The standard InChI is InChI=1S/C32H34FN5O6/c1-41-26-10-20(32(40)37-14-21(33)12-22(34)15-37)11-27-29(26)23(7-8-39)31(43-27)24-9-19-3-2-4-25(42-16-28-35-17-36-44-28)30(19)38(24)13-18-5-6-18/h2-4,9-11,17-18,21-22,39H,5-8,12-16,34H2,1H3/t21-,22-/m1/s1. The van der Waals surface area contributed by atoms with E-state index >= 15 is 0 Å². The quantitative estimate of drug-likeness (QED) is 0.236. The monoisotopic (exact) mass is 603 g/mol. The van der Waals surface area contributed by atoms with Crippen LogP contribution in [0.1, 0.15) is 41.1 Å². The van der Waals surface area contributed by atoms with E-state index in [1.54, 1.807) is 12.1 Å². The van der Waals surface area contributed by atoms with E-state index in [-0.39, 0.29) is 38.6 Å². The minimum Gasteiger partial charge on any atom is -0.496 e. The number of hydrogen-bond acceptors (Lipinski definition) is 9. The van der Waals surface area contributed by atoms with E-state index in [2.05, 4.69) is 20.8 Å². The highest BCUT2D eigenvalue weighted by molar-refractivity contribution is 6.02. The number of nitrogens with zero attached hydrogens (tertiary/aromatic N) is 4. The second-order valence-corrected chi connectivity index (χ2v) is 11.6. The first-order valence-corrected chi connectivity index (χ1v) is 14.9. The molecule has 0 spiro atoms. The van der Waals surface area contributed by atoms with Crippen molar-refractivity contribution in [2.75, 3.05) is 26.8 Å². The number of aliphatic hydroxyl groups excluding tert-OH is 1. The lowest BCUT2D eigenvalue weighted by Crippen LogP contribution is -2.50. The number of halogens is 1. The number of fused-ring (bicyclic) bond motifs is 2. The number of benzene rings is 2. The number of likely N-dealkylation sites (tertiary alicyclic amines) is 1. The van der Waals surface area contributed by atoms with Crippen molar-refractivity contribution in [3.05, 3.63) is 59.7 Å². The predicted octanol–water partition coefficient (Wildman–Crippen LogP) is 4.48. The van der Waals surface area contributed by atoms with Gasteiger partial charge in [-0.05, 0) is 49.4 Å². The maximum absolute atomic E-state index is 14.3. The first-order chi connectivity index (χ1) is 21.4. The minimum atomic E-state index is -1.17. The van der Waals surface area contributed by atoms with Crippen LogP contribution in [-0.4, -0.2) is 69.6 Å². The minimum absolute atomic E-state index is 0.00970. The third-order valence-corrected chi connectivity index (χ3v) is 8.41. The van der Waals surface area contributed by atoms with Crippen LogP contribution in [0.25, 0.3) is 33.3 Å². The first kappa shape index (κ1) is 28.4. The molecule has 1 amide bonds. The first-order valence-electron chi connectivity index (χ1n) is 14.9. The number of amides is 1. The lowest BCUT2D eigenvalue weighted by molar-refractivity contribution is 0.0606. The third-order valence-electron chi connectivity index (χ3n) is 8.41. The van der Waals surface area contributed by atoms with Gasteiger partial charge in [0.15, 0.2) is 18.7 Å². The van der Waals surface area contributed by atoms with Crippen LogP contribution in [0.4, 0.5) is 4.39 Å². The number of carbonyl (C=O) groups is 1. The lowest BCUT2D eigenvalue weighted by atomic mass is 10.0. The Morgan fingerprint density at radius 3 is 2.80 bits per heavy atom. The van der Waals surface area contributed by atoms with E-state index in [1.165, 1.54) is 18.3 Å². The molecule has 4 heterocycles. The number of piperidine rings is 1. The molecule has 0 bridgehead atoms. The second kappa shape index (κ2) is 11.6. The fourth-order valence-corrected chi connectivity index (χ4v) is 6.26. The molecule has 230 valence electrons. The second-order valence-electron chi connectivity index (χ2n) is 11.6. The summed E-state index contributed by atoms with van der Waals surface area (Å²) in [7, 11) is 1.53. The van der Waals surface area contributed by atoms with Gasteiger partial charge in [0.2, 0.25) is 0 Å². The third kappa shape index (κ3) is 5.28. The van der Waals surface area contributed by atoms with Crippen molar-refractivity contribution in [3.63, 3.8) is 0 Å². The molecule has 11 nitrogen and oxygen atoms in total. The van der Waals surface area contributed by atoms with Crippen molar-refractivity contribution in [1.82, 2.24) is 19.6 Å². The smallest absolute Gasteiger partial charge is 0.264 e. The van der Waals surface area contributed by atoms with E-state index in [9.17, 15) is 14.3 Å². The topological polar surface area (TPSA) is 142 Å². The molecule has 2 fully saturated rings. The summed E-state index contributed by atoms with van der Waals surface area (Å²) in [5, 5.41) is 15.4. The van der Waals surface area contributed by atoms with Crippen LogP contribution >= 0.6 is 0 Å². The highest BCUT2D eigenvalue weighted by atomic mass is 19.1. The Morgan fingerprint density at radius 2 is 2.07 bits per heavy atom. The van der Waals surface area contributed by atoms with Gasteiger partial charge in [0.1, 0.15) is 23.3 Å². The molecule has 3 N–H and O–H groups in total. The van der Waals surface area contributed by atoms with Crippen molar-refractivity contribution in [2.45, 2.75) is 51.0 Å². The van der Waals surface area contributed by atoms with Crippen LogP contribution in [0.15, 0.2) is 51.7 Å². The lowest BCUT2D eigenvalue weighted by Gasteiger charge is -2.33. The Morgan fingerprint density at radius 1 is 1.20 bits per heavy atom. The summed E-state index contributed by atoms with van der Waals surface area (Å²) in [5.74, 6) is 2.25. The van der Waals surface area contributed by atoms with E-state index < -0.39 is 12.2 Å². The number of methoxy groups -OCH3 is 1. The molecule has 1 saturated carbocycles. The van der Waals surface area contributed by atoms with Crippen molar-refractivity contribution < 1.29 is 32.7 Å². The van der Waals surface area contributed by atoms with Crippen LogP contribution in [0.2, 0.25) is 0 Å². The van der Waals surface area contributed by atoms with Crippen molar-refractivity contribution >= 4 is 27.8 Å². The maximum atomic E-state index is 14.3. The van der Waals surface area contributed by atoms with Gasteiger partial charge >= 0.3 is 0 Å². The largest absolute Gasteiger partial charge is 0.496 e. The van der Waals surface area contributed by atoms with Crippen LogP contribution in [0.3, 0.4) is 0 Å². The zero-order valence-corrected chi connectivity index (χ0v) is 24.4. The summed E-state index contributed by atoms with van der Waals surface area (Å²) in [5.41, 5.74) is 9.30. The van der Waals surface area contributed by atoms with Crippen LogP contribution < -0.4 is 15.2 Å². The van der Waals surface area contributed by atoms with Crippen molar-refractivity contribution in [1.29, 1.82) is 0 Å². The summed E-state index contributed by atoms with van der Waals surface area (Å²) in [4.78, 5) is 19.0. The summed E-state index contributed by atoms with van der Waals surface area (Å²) in [6.45, 7) is 1.04. The van der Waals surface area contributed by atoms with E-state index in [0.717, 1.165) is 41.5 Å². The normalized spacial score (nSPS) is 18.8. The van der Waals surface area contributed by atoms with Gasteiger partial charge in [0, 0.05) is 48.7 Å². The van der Waals surface area contributed by atoms with Crippen LogP contribution in [0.5, 0.6) is 11.5 Å². The fourth-order valence-electron chi connectivity index (χ4n) is 6.26. The predicted molar refractivity (Wildman–Crippen MR) is 159 cm³/mol. The summed E-state index contributed by atoms with van der Waals surface area (Å²) < 4.78 is 40.1. The number of nitrogens with two attached hydrogens (primary N) is 1. The molecule has 2 atom stereocenters. The van der Waals surface area contributed by atoms with Gasteiger partial charge in [0.25, 0.3) is 11.8 Å². The molecule has 0 radical (unpaired) electrons. The van der Waals surface area contributed by atoms with E-state index in [0.29, 0.717) is 52.0 Å². The summed E-state index contributed by atoms with van der Waals surface area (Å²) in [6.07, 6.45) is 2.97. The Kier molecular flexibility index (Phi) is 7.47. The van der Waals surface area contributed by atoms with Crippen LogP contribution in [-0.2, 0) is 19.6 Å². The van der Waals surface area contributed by atoms with Crippen LogP contribution in [0, 0.1) is 5.92 Å². The molecule has 12 heteroatoms. The van der Waals surface area contributed by atoms with Gasteiger partial charge < -0.3 is 38.7 Å². The number of ether oxygens (including phenoxy) is 2. The Balaban J connectivity index is 1.35. The molecule has 1 aliphatic heterocycles. The molecule has 1 aliphatic carbocycles. The summed E-state index contributed by atoms with van der Waals surface area (Å²) in [6, 6.07) is 10.8. The molecule has 44 heavy (non-hydrogen) atoms. The SMILES string of the molecule is COc1cc(C(=O)N2C[C@H](N)C[C@@H](F)C2)cc2oc(-c3cc4cccc(OCc5ncno5)c4n3CC3CC3)c(CCO)c12.